The van der Waals surface area contributed by atoms with Gasteiger partial charge in [-0.1, -0.05) is 103 Å². The van der Waals surface area contributed by atoms with E-state index in [2.05, 4.69) is 77.9 Å². The summed E-state index contributed by atoms with van der Waals surface area (Å²) in [5.41, 5.74) is 0.228. The number of ether oxygens (including phenoxy) is 4. The van der Waals surface area contributed by atoms with E-state index in [9.17, 15) is 19.2 Å². The van der Waals surface area contributed by atoms with Crippen molar-refractivity contribution in [2.45, 2.75) is 132 Å². The number of urea groups is 1. The Morgan fingerprint density at radius 2 is 1.35 bits per heavy atom. The summed E-state index contributed by atoms with van der Waals surface area (Å²) in [4.78, 5) is 47.6. The molecule has 0 aromatic rings. The van der Waals surface area contributed by atoms with E-state index in [4.69, 9.17) is 18.9 Å². The Morgan fingerprint density at radius 3 is 2.00 bits per heavy atom. The van der Waals surface area contributed by atoms with Crippen LogP contribution >= 0.6 is 21.6 Å². The lowest BCUT2D eigenvalue weighted by atomic mass is 9.79. The van der Waals surface area contributed by atoms with Gasteiger partial charge < -0.3 is 34.9 Å². The van der Waals surface area contributed by atoms with E-state index < -0.39 is 12.1 Å². The summed E-state index contributed by atoms with van der Waals surface area (Å²) in [5.74, 6) is 2.07. The first-order chi connectivity index (χ1) is 25.6. The van der Waals surface area contributed by atoms with E-state index in [1.807, 2.05) is 0 Å². The van der Waals surface area contributed by atoms with Crippen molar-refractivity contribution in [1.29, 1.82) is 0 Å². The van der Waals surface area contributed by atoms with Crippen LogP contribution in [0.25, 0.3) is 0 Å². The molecule has 0 heterocycles. The van der Waals surface area contributed by atoms with Crippen LogP contribution in [0, 0.1) is 28.6 Å². The van der Waals surface area contributed by atoms with Gasteiger partial charge in [0.2, 0.25) is 0 Å². The van der Waals surface area contributed by atoms with Crippen LogP contribution < -0.4 is 16.0 Å². The van der Waals surface area contributed by atoms with Crippen molar-refractivity contribution in [2.24, 2.45) is 28.6 Å². The molecule has 0 aromatic heterocycles. The van der Waals surface area contributed by atoms with Crippen molar-refractivity contribution in [3.63, 3.8) is 0 Å². The Bertz CT molecular complexity index is 1030. The number of nitrogens with one attached hydrogen (secondary N) is 3. The quantitative estimate of drug-likeness (QED) is 0.0190. The monoisotopic (exact) mass is 804 g/mol. The van der Waals surface area contributed by atoms with Crippen LogP contribution in [0.5, 0.6) is 0 Å². The predicted molar refractivity (Wildman–Crippen MR) is 225 cm³/mol. The second-order valence-corrected chi connectivity index (χ2v) is 18.8. The lowest BCUT2D eigenvalue weighted by molar-refractivity contribution is -0.143. The van der Waals surface area contributed by atoms with Crippen LogP contribution in [-0.4, -0.2) is 88.2 Å². The fourth-order valence-corrected chi connectivity index (χ4v) is 8.17. The summed E-state index contributed by atoms with van der Waals surface area (Å²) in [5, 5.41) is 8.91. The number of amides is 3. The standard InChI is InChI=1S/C41H77N3O8S2/c1-10-13-16-35(11-2)32-44-38(47)43-31-34(5)30-40(6,7)19-14-17-37(46)51-25-27-53-54-28-26-52-39(48)42-21-18-33(4)29-41(8,9)20-15-22-49-23-24-50-36(45)12-3/h12,33-35H,3,10-11,13-32H2,1-2,4-9H3,(H,42,48)(H2,43,44,47). The highest BCUT2D eigenvalue weighted by Gasteiger charge is 2.23. The van der Waals surface area contributed by atoms with E-state index >= 15 is 0 Å². The molecule has 0 bridgehead atoms. The molecule has 0 fully saturated rings. The maximum absolute atomic E-state index is 12.3. The second kappa shape index (κ2) is 32.0. The van der Waals surface area contributed by atoms with Crippen molar-refractivity contribution in [3.8, 4) is 0 Å². The molecule has 0 aliphatic carbocycles. The lowest BCUT2D eigenvalue weighted by Gasteiger charge is -2.28. The van der Waals surface area contributed by atoms with Gasteiger partial charge in [0.15, 0.2) is 0 Å². The molecule has 3 N–H and O–H groups in total. The van der Waals surface area contributed by atoms with E-state index in [-0.39, 0.29) is 29.4 Å². The first-order valence-electron chi connectivity index (χ1n) is 20.3. The highest BCUT2D eigenvalue weighted by molar-refractivity contribution is 8.76. The van der Waals surface area contributed by atoms with Gasteiger partial charge in [-0.15, -0.1) is 0 Å². The van der Waals surface area contributed by atoms with Crippen LogP contribution in [0.4, 0.5) is 9.59 Å². The van der Waals surface area contributed by atoms with Gasteiger partial charge in [0.25, 0.3) is 0 Å². The molecule has 3 unspecified atom stereocenters. The Morgan fingerprint density at radius 1 is 0.722 bits per heavy atom. The van der Waals surface area contributed by atoms with Gasteiger partial charge >= 0.3 is 24.1 Å². The lowest BCUT2D eigenvalue weighted by Crippen LogP contribution is -2.40. The molecule has 0 spiro atoms. The van der Waals surface area contributed by atoms with Crippen molar-refractivity contribution >= 4 is 45.7 Å². The molecule has 0 saturated carbocycles. The average Bonchev–Trinajstić information content (AvgIpc) is 3.10. The summed E-state index contributed by atoms with van der Waals surface area (Å²) in [6, 6.07) is -0.0851. The summed E-state index contributed by atoms with van der Waals surface area (Å²) >= 11 is 0. The third kappa shape index (κ3) is 32.2. The van der Waals surface area contributed by atoms with E-state index in [0.29, 0.717) is 75.2 Å². The Labute approximate surface area is 336 Å². The molecule has 13 heteroatoms. The topological polar surface area (TPSA) is 141 Å². The molecule has 0 aromatic carbocycles. The van der Waals surface area contributed by atoms with E-state index in [1.165, 1.54) is 12.8 Å². The molecule has 0 aliphatic rings. The molecule has 3 amide bonds. The van der Waals surface area contributed by atoms with Crippen LogP contribution in [0.2, 0.25) is 0 Å². The fraction of sp³-hybridized carbons (Fsp3) is 0.854. The first-order valence-corrected chi connectivity index (χ1v) is 22.8. The van der Waals surface area contributed by atoms with Gasteiger partial charge in [-0.2, -0.15) is 0 Å². The molecule has 0 saturated heterocycles. The zero-order valence-electron chi connectivity index (χ0n) is 35.2. The molecule has 3 atom stereocenters. The molecule has 0 radical (unpaired) electrons. The number of hydrogen-bond donors (Lipinski definition) is 3. The summed E-state index contributed by atoms with van der Waals surface area (Å²) in [6.45, 7) is 24.9. The molecular formula is C41H77N3O8S2. The molecule has 0 aliphatic heterocycles. The van der Waals surface area contributed by atoms with E-state index in [0.717, 1.165) is 70.4 Å². The van der Waals surface area contributed by atoms with Crippen LogP contribution in [0.3, 0.4) is 0 Å². The Balaban J connectivity index is 3.85. The van der Waals surface area contributed by atoms with Gasteiger partial charge in [-0.3, -0.25) is 4.79 Å². The second-order valence-electron chi connectivity index (χ2n) is 16.1. The highest BCUT2D eigenvalue weighted by Crippen LogP contribution is 2.32. The van der Waals surface area contributed by atoms with Crippen molar-refractivity contribution in [2.75, 3.05) is 64.2 Å². The Kier molecular flexibility index (Phi) is 30.8. The minimum atomic E-state index is -0.436. The van der Waals surface area contributed by atoms with Gasteiger partial charge in [0.1, 0.15) is 19.8 Å². The van der Waals surface area contributed by atoms with Crippen LogP contribution in [-0.2, 0) is 28.5 Å². The van der Waals surface area contributed by atoms with Gasteiger partial charge in [0.05, 0.1) is 6.61 Å². The fourth-order valence-electron chi connectivity index (χ4n) is 6.52. The number of rotatable bonds is 34. The van der Waals surface area contributed by atoms with Crippen molar-refractivity contribution < 1.29 is 38.1 Å². The van der Waals surface area contributed by atoms with Crippen molar-refractivity contribution in [3.05, 3.63) is 12.7 Å². The summed E-state index contributed by atoms with van der Waals surface area (Å²) in [6.07, 6.45) is 12.3. The minimum Gasteiger partial charge on any atom is -0.465 e. The first kappa shape index (κ1) is 51.9. The number of esters is 2. The van der Waals surface area contributed by atoms with Crippen LogP contribution in [0.15, 0.2) is 12.7 Å². The number of unbranched alkanes of at least 4 members (excludes halogenated alkanes) is 1. The van der Waals surface area contributed by atoms with Crippen LogP contribution in [0.1, 0.15) is 132 Å². The normalized spacial score (nSPS) is 13.3. The molecule has 316 valence electrons. The van der Waals surface area contributed by atoms with Gasteiger partial charge in [0, 0.05) is 50.2 Å². The maximum atomic E-state index is 12.3. The number of hydrogen-bond acceptors (Lipinski definition) is 10. The number of carbonyl (C=O) groups is 4. The van der Waals surface area contributed by atoms with E-state index in [1.54, 1.807) is 21.6 Å². The third-order valence-electron chi connectivity index (χ3n) is 9.34. The zero-order chi connectivity index (χ0) is 40.7. The molecular weight excluding hydrogens is 727 g/mol. The van der Waals surface area contributed by atoms with Crippen molar-refractivity contribution in [1.82, 2.24) is 16.0 Å². The minimum absolute atomic E-state index is 0.0670. The summed E-state index contributed by atoms with van der Waals surface area (Å²) < 4.78 is 21.1. The SMILES string of the molecule is C=CC(=O)OCCOCCCC(C)(C)CC(C)CCNC(=O)OCCSSCCOC(=O)CCCC(C)(C)CC(C)CNC(=O)NCC(CC)CCCC. The summed E-state index contributed by atoms with van der Waals surface area (Å²) in [7, 11) is 3.19. The predicted octanol–water partition coefficient (Wildman–Crippen LogP) is 9.34. The third-order valence-corrected chi connectivity index (χ3v) is 11.7. The largest absolute Gasteiger partial charge is 0.465 e. The molecule has 54 heavy (non-hydrogen) atoms. The highest BCUT2D eigenvalue weighted by atomic mass is 33.1. The van der Waals surface area contributed by atoms with Gasteiger partial charge in [-0.25, -0.2) is 14.4 Å². The zero-order valence-corrected chi connectivity index (χ0v) is 36.8. The molecule has 11 nitrogen and oxygen atoms in total. The average molecular weight is 804 g/mol. The molecule has 0 rings (SSSR count). The maximum Gasteiger partial charge on any atom is 0.407 e. The number of alkyl carbamates (subject to hydrolysis) is 1. The van der Waals surface area contributed by atoms with Gasteiger partial charge in [-0.05, 0) is 80.0 Å². The smallest absolute Gasteiger partial charge is 0.407 e. The number of carbonyl (C=O) groups excluding carboxylic acids is 4. The Hall–Kier alpha value is -2.12.